The lowest BCUT2D eigenvalue weighted by Crippen LogP contribution is -1.85. The summed E-state index contributed by atoms with van der Waals surface area (Å²) >= 11 is 12.9. The summed E-state index contributed by atoms with van der Waals surface area (Å²) in [5.41, 5.74) is 0.0116. The van der Waals surface area contributed by atoms with Crippen molar-refractivity contribution in [2.24, 2.45) is 0 Å². The van der Waals surface area contributed by atoms with Crippen molar-refractivity contribution in [3.05, 3.63) is 37.7 Å². The lowest BCUT2D eigenvalue weighted by atomic mass is 10.2. The van der Waals surface area contributed by atoms with Crippen LogP contribution in [-0.2, 0) is 0 Å². The van der Waals surface area contributed by atoms with Crippen LogP contribution in [-0.4, -0.2) is 4.92 Å². The molecular formula is C8H3Cl2NO2S. The van der Waals surface area contributed by atoms with E-state index in [1.165, 1.54) is 16.7 Å². The van der Waals surface area contributed by atoms with E-state index in [4.69, 9.17) is 23.2 Å². The molecular weight excluding hydrogens is 245 g/mol. The monoisotopic (exact) mass is 247 g/mol. The van der Waals surface area contributed by atoms with E-state index in [1.54, 1.807) is 12.1 Å². The van der Waals surface area contributed by atoms with Crippen LogP contribution in [0.2, 0.25) is 10.0 Å². The Labute approximate surface area is 93.0 Å². The number of halogens is 2. The molecule has 0 unspecified atom stereocenters. The molecule has 0 bridgehead atoms. The highest BCUT2D eigenvalue weighted by atomic mass is 35.5. The summed E-state index contributed by atoms with van der Waals surface area (Å²) < 4.78 is 0.770. The number of hydrogen-bond donors (Lipinski definition) is 0. The first-order chi connectivity index (χ1) is 6.61. The van der Waals surface area contributed by atoms with Gasteiger partial charge >= 0.3 is 0 Å². The number of benzene rings is 1. The molecule has 1 aromatic carbocycles. The van der Waals surface area contributed by atoms with Crippen LogP contribution >= 0.6 is 34.5 Å². The second-order valence-corrected chi connectivity index (χ2v) is 4.31. The van der Waals surface area contributed by atoms with E-state index in [1.807, 2.05) is 0 Å². The molecule has 6 heteroatoms. The number of fused-ring (bicyclic) bond motifs is 1. The van der Waals surface area contributed by atoms with Crippen LogP contribution in [0.4, 0.5) is 5.69 Å². The zero-order valence-electron chi connectivity index (χ0n) is 6.66. The molecule has 0 radical (unpaired) electrons. The number of rotatable bonds is 1. The molecule has 0 spiro atoms. The van der Waals surface area contributed by atoms with Crippen molar-refractivity contribution in [3.63, 3.8) is 0 Å². The van der Waals surface area contributed by atoms with Crippen LogP contribution in [0.5, 0.6) is 0 Å². The van der Waals surface area contributed by atoms with Gasteiger partial charge in [-0.2, -0.15) is 0 Å². The zero-order valence-corrected chi connectivity index (χ0v) is 8.99. The molecule has 14 heavy (non-hydrogen) atoms. The Morgan fingerprint density at radius 1 is 1.36 bits per heavy atom. The third-order valence-electron chi connectivity index (χ3n) is 1.81. The van der Waals surface area contributed by atoms with E-state index in [0.29, 0.717) is 10.4 Å². The Morgan fingerprint density at radius 2 is 2.07 bits per heavy atom. The zero-order chi connectivity index (χ0) is 10.3. The highest BCUT2D eigenvalue weighted by molar-refractivity contribution is 7.17. The molecule has 0 aliphatic carbocycles. The van der Waals surface area contributed by atoms with Gasteiger partial charge in [-0.1, -0.05) is 23.2 Å². The maximum absolute atomic E-state index is 10.7. The molecule has 1 heterocycles. The van der Waals surface area contributed by atoms with Gasteiger partial charge in [0.05, 0.1) is 25.7 Å². The average Bonchev–Trinajstić information content (AvgIpc) is 2.55. The van der Waals surface area contributed by atoms with Crippen molar-refractivity contribution in [1.82, 2.24) is 0 Å². The van der Waals surface area contributed by atoms with Gasteiger partial charge in [-0.05, 0) is 12.1 Å². The molecule has 72 valence electrons. The standard InChI is InChI=1S/C8H3Cl2NO2S/c9-4-1-2-6-7(8(4)10)5(3-14-6)11(12)13/h1-3H. The first-order valence-corrected chi connectivity index (χ1v) is 5.24. The van der Waals surface area contributed by atoms with Gasteiger partial charge in [0.25, 0.3) is 5.69 Å². The summed E-state index contributed by atoms with van der Waals surface area (Å²) in [5.74, 6) is 0. The van der Waals surface area contributed by atoms with Crippen molar-refractivity contribution >= 4 is 50.3 Å². The summed E-state index contributed by atoms with van der Waals surface area (Å²) in [6.07, 6.45) is 0. The maximum atomic E-state index is 10.7. The maximum Gasteiger partial charge on any atom is 0.289 e. The summed E-state index contributed by atoms with van der Waals surface area (Å²) in [5, 5.41) is 13.1. The van der Waals surface area contributed by atoms with Gasteiger partial charge in [0.15, 0.2) is 0 Å². The predicted molar refractivity (Wildman–Crippen MR) is 58.5 cm³/mol. The molecule has 0 saturated carbocycles. The molecule has 0 N–H and O–H groups in total. The SMILES string of the molecule is O=[N+]([O-])c1csc2ccc(Cl)c(Cl)c12. The summed E-state index contributed by atoms with van der Waals surface area (Å²) in [6, 6.07) is 3.35. The van der Waals surface area contributed by atoms with Crippen molar-refractivity contribution in [1.29, 1.82) is 0 Å². The third-order valence-corrected chi connectivity index (χ3v) is 3.55. The fourth-order valence-corrected chi connectivity index (χ4v) is 2.57. The quantitative estimate of drug-likeness (QED) is 0.562. The first kappa shape index (κ1) is 9.71. The van der Waals surface area contributed by atoms with Crippen LogP contribution in [0, 0.1) is 10.1 Å². The topological polar surface area (TPSA) is 43.1 Å². The Kier molecular flexibility index (Phi) is 2.34. The number of nitro groups is 1. The van der Waals surface area contributed by atoms with E-state index >= 15 is 0 Å². The first-order valence-electron chi connectivity index (χ1n) is 3.61. The fraction of sp³-hybridized carbons (Fsp3) is 0. The normalized spacial score (nSPS) is 10.7. The number of hydrogen-bond acceptors (Lipinski definition) is 3. The minimum atomic E-state index is -0.457. The van der Waals surface area contributed by atoms with E-state index in [9.17, 15) is 10.1 Å². The van der Waals surface area contributed by atoms with Crippen molar-refractivity contribution < 1.29 is 4.92 Å². The smallest absolute Gasteiger partial charge is 0.258 e. The molecule has 0 fully saturated rings. The van der Waals surface area contributed by atoms with E-state index < -0.39 is 4.92 Å². The van der Waals surface area contributed by atoms with E-state index in [2.05, 4.69) is 0 Å². The minimum absolute atomic E-state index is 0.0116. The second-order valence-electron chi connectivity index (χ2n) is 2.61. The van der Waals surface area contributed by atoms with Gasteiger partial charge in [0, 0.05) is 4.70 Å². The van der Waals surface area contributed by atoms with Crippen molar-refractivity contribution in [3.8, 4) is 0 Å². The van der Waals surface area contributed by atoms with Gasteiger partial charge in [-0.3, -0.25) is 10.1 Å². The predicted octanol–water partition coefficient (Wildman–Crippen LogP) is 4.12. The van der Waals surface area contributed by atoms with Crippen LogP contribution < -0.4 is 0 Å². The molecule has 0 atom stereocenters. The molecule has 0 aliphatic rings. The summed E-state index contributed by atoms with van der Waals surface area (Å²) in [4.78, 5) is 10.2. The van der Waals surface area contributed by atoms with Gasteiger partial charge in [0.2, 0.25) is 0 Å². The van der Waals surface area contributed by atoms with Crippen molar-refractivity contribution in [2.75, 3.05) is 0 Å². The van der Waals surface area contributed by atoms with Crippen molar-refractivity contribution in [2.45, 2.75) is 0 Å². The lowest BCUT2D eigenvalue weighted by Gasteiger charge is -1.96. The lowest BCUT2D eigenvalue weighted by molar-refractivity contribution is -0.382. The molecule has 0 saturated heterocycles. The molecule has 2 rings (SSSR count). The summed E-state index contributed by atoms with van der Waals surface area (Å²) in [6.45, 7) is 0. The molecule has 3 nitrogen and oxygen atoms in total. The highest BCUT2D eigenvalue weighted by Gasteiger charge is 2.18. The van der Waals surface area contributed by atoms with Gasteiger partial charge in [-0.25, -0.2) is 0 Å². The van der Waals surface area contributed by atoms with Crippen LogP contribution in [0.1, 0.15) is 0 Å². The largest absolute Gasteiger partial charge is 0.289 e. The molecule has 0 amide bonds. The molecule has 0 aliphatic heterocycles. The van der Waals surface area contributed by atoms with Crippen LogP contribution in [0.15, 0.2) is 17.5 Å². The second kappa shape index (κ2) is 3.38. The van der Waals surface area contributed by atoms with Gasteiger partial charge in [0.1, 0.15) is 0 Å². The Bertz CT molecular complexity index is 523. The minimum Gasteiger partial charge on any atom is -0.258 e. The summed E-state index contributed by atoms with van der Waals surface area (Å²) in [7, 11) is 0. The Morgan fingerprint density at radius 3 is 2.71 bits per heavy atom. The highest BCUT2D eigenvalue weighted by Crippen LogP contribution is 2.40. The van der Waals surface area contributed by atoms with Gasteiger partial charge in [-0.15, -0.1) is 11.3 Å². The Hall–Kier alpha value is -0.840. The molecule has 1 aromatic heterocycles. The number of thiophene rings is 1. The third kappa shape index (κ3) is 1.35. The molecule has 2 aromatic rings. The van der Waals surface area contributed by atoms with Gasteiger partial charge < -0.3 is 0 Å². The fourth-order valence-electron chi connectivity index (χ4n) is 1.18. The number of nitrogens with zero attached hydrogens (tertiary/aromatic N) is 1. The average molecular weight is 248 g/mol. The van der Waals surface area contributed by atoms with E-state index in [-0.39, 0.29) is 10.7 Å². The Balaban J connectivity index is 2.89. The van der Waals surface area contributed by atoms with Crippen LogP contribution in [0.25, 0.3) is 10.1 Å². The van der Waals surface area contributed by atoms with E-state index in [0.717, 1.165) is 4.70 Å². The van der Waals surface area contributed by atoms with Crippen LogP contribution in [0.3, 0.4) is 0 Å².